The van der Waals surface area contributed by atoms with Gasteiger partial charge in [-0.15, -0.1) is 0 Å². The minimum Gasteiger partial charge on any atom is -0.497 e. The summed E-state index contributed by atoms with van der Waals surface area (Å²) < 4.78 is 10.7. The second kappa shape index (κ2) is 9.28. The maximum atomic E-state index is 13.0. The molecule has 28 heavy (non-hydrogen) atoms. The fraction of sp³-hybridized carbons (Fsp3) is 0.619. The molecule has 0 saturated carbocycles. The molecule has 2 heterocycles. The van der Waals surface area contributed by atoms with Gasteiger partial charge in [-0.3, -0.25) is 9.59 Å². The van der Waals surface area contributed by atoms with E-state index in [1.807, 2.05) is 18.0 Å². The number of piperidine rings is 1. The molecule has 0 radical (unpaired) electrons. The minimum atomic E-state index is -0.284. The van der Waals surface area contributed by atoms with Crippen LogP contribution in [0.1, 0.15) is 25.7 Å². The Kier molecular flexibility index (Phi) is 6.78. The summed E-state index contributed by atoms with van der Waals surface area (Å²) in [7, 11) is 5.13. The van der Waals surface area contributed by atoms with Gasteiger partial charge >= 0.3 is 0 Å². The number of hydrogen-bond donors (Lipinski definition) is 1. The number of benzene rings is 1. The van der Waals surface area contributed by atoms with Crippen molar-refractivity contribution >= 4 is 17.5 Å². The van der Waals surface area contributed by atoms with Gasteiger partial charge < -0.3 is 24.6 Å². The van der Waals surface area contributed by atoms with Crippen LogP contribution < -0.4 is 19.7 Å². The largest absolute Gasteiger partial charge is 0.497 e. The number of methoxy groups -OCH3 is 2. The molecule has 2 fully saturated rings. The Hall–Kier alpha value is -2.28. The van der Waals surface area contributed by atoms with Crippen molar-refractivity contribution in [2.75, 3.05) is 52.3 Å². The van der Waals surface area contributed by atoms with Crippen molar-refractivity contribution in [1.29, 1.82) is 0 Å². The number of hydrogen-bond acceptors (Lipinski definition) is 5. The van der Waals surface area contributed by atoms with Crippen molar-refractivity contribution in [2.24, 2.45) is 11.8 Å². The molecule has 1 aromatic rings. The Balaban J connectivity index is 1.62. The molecule has 1 N–H and O–H groups in total. The highest BCUT2D eigenvalue weighted by Gasteiger charge is 2.39. The average Bonchev–Trinajstić information content (AvgIpc) is 3.12. The van der Waals surface area contributed by atoms with Crippen molar-refractivity contribution in [3.05, 3.63) is 18.2 Å². The lowest BCUT2D eigenvalue weighted by atomic mass is 9.92. The van der Waals surface area contributed by atoms with Crippen molar-refractivity contribution in [3.8, 4) is 11.5 Å². The molecule has 2 saturated heterocycles. The number of ether oxygens (including phenoxy) is 2. The van der Waals surface area contributed by atoms with Crippen molar-refractivity contribution < 1.29 is 19.1 Å². The zero-order chi connectivity index (χ0) is 20.1. The second-order valence-electron chi connectivity index (χ2n) is 7.60. The van der Waals surface area contributed by atoms with Crippen LogP contribution in [0.3, 0.4) is 0 Å². The van der Waals surface area contributed by atoms with E-state index in [1.165, 1.54) is 0 Å². The Bertz CT molecular complexity index is 701. The number of nitrogens with zero attached hydrogens (tertiary/aromatic N) is 2. The van der Waals surface area contributed by atoms with Crippen LogP contribution in [0.25, 0.3) is 0 Å². The van der Waals surface area contributed by atoms with Crippen LogP contribution in [0.2, 0.25) is 0 Å². The van der Waals surface area contributed by atoms with Crippen LogP contribution in [0, 0.1) is 11.8 Å². The molecule has 0 aromatic heterocycles. The number of likely N-dealkylation sites (tertiary alicyclic amines) is 1. The standard InChI is InChI=1S/C21H31N3O4/c1-22-9-6-15-7-10-23(11-8-15)21(26)16-12-20(25)24(14-16)18-5-4-17(27-2)13-19(18)28-3/h4-5,13,15-16,22H,6-12,14H2,1-3H3. The van der Waals surface area contributed by atoms with Crippen LogP contribution in [0.4, 0.5) is 5.69 Å². The summed E-state index contributed by atoms with van der Waals surface area (Å²) in [5, 5.41) is 3.19. The van der Waals surface area contributed by atoms with Gasteiger partial charge in [0.2, 0.25) is 11.8 Å². The van der Waals surface area contributed by atoms with Gasteiger partial charge in [0.1, 0.15) is 11.5 Å². The molecule has 0 aliphatic carbocycles. The monoisotopic (exact) mass is 389 g/mol. The lowest BCUT2D eigenvalue weighted by Crippen LogP contribution is -2.42. The van der Waals surface area contributed by atoms with E-state index in [1.54, 1.807) is 31.3 Å². The predicted octanol–water partition coefficient (Wildman–Crippen LogP) is 1.90. The quantitative estimate of drug-likeness (QED) is 0.771. The van der Waals surface area contributed by atoms with E-state index in [9.17, 15) is 9.59 Å². The number of amides is 2. The fourth-order valence-electron chi connectivity index (χ4n) is 4.16. The van der Waals surface area contributed by atoms with Gasteiger partial charge in [-0.05, 0) is 50.9 Å². The number of carbonyl (C=O) groups is 2. The van der Waals surface area contributed by atoms with Gasteiger partial charge in [0, 0.05) is 32.1 Å². The van der Waals surface area contributed by atoms with Crippen LogP contribution in [0.5, 0.6) is 11.5 Å². The summed E-state index contributed by atoms with van der Waals surface area (Å²) in [5.41, 5.74) is 0.689. The molecule has 7 heteroatoms. The highest BCUT2D eigenvalue weighted by molar-refractivity contribution is 6.01. The number of rotatable bonds is 7. The first-order valence-corrected chi connectivity index (χ1v) is 10.0. The third kappa shape index (κ3) is 4.41. The molecule has 0 bridgehead atoms. The summed E-state index contributed by atoms with van der Waals surface area (Å²) in [6.45, 7) is 3.02. The smallest absolute Gasteiger partial charge is 0.228 e. The highest BCUT2D eigenvalue weighted by atomic mass is 16.5. The van der Waals surface area contributed by atoms with Crippen LogP contribution >= 0.6 is 0 Å². The predicted molar refractivity (Wildman–Crippen MR) is 108 cm³/mol. The second-order valence-corrected chi connectivity index (χ2v) is 7.60. The van der Waals surface area contributed by atoms with Crippen LogP contribution in [0.15, 0.2) is 18.2 Å². The normalized spacial score (nSPS) is 20.5. The van der Waals surface area contributed by atoms with E-state index in [4.69, 9.17) is 9.47 Å². The zero-order valence-electron chi connectivity index (χ0n) is 17.1. The molecule has 0 spiro atoms. The molecule has 7 nitrogen and oxygen atoms in total. The Labute approximate surface area is 167 Å². The van der Waals surface area contributed by atoms with Gasteiger partial charge in [0.05, 0.1) is 25.8 Å². The molecule has 2 aliphatic rings. The number of carbonyl (C=O) groups excluding carboxylic acids is 2. The van der Waals surface area contributed by atoms with E-state index >= 15 is 0 Å². The third-order valence-corrected chi connectivity index (χ3v) is 5.88. The topological polar surface area (TPSA) is 71.1 Å². The first-order valence-electron chi connectivity index (χ1n) is 10.0. The van der Waals surface area contributed by atoms with E-state index < -0.39 is 0 Å². The third-order valence-electron chi connectivity index (χ3n) is 5.88. The van der Waals surface area contributed by atoms with E-state index in [0.29, 0.717) is 29.6 Å². The number of anilines is 1. The molecule has 1 atom stereocenters. The van der Waals surface area contributed by atoms with Crippen molar-refractivity contribution in [3.63, 3.8) is 0 Å². The number of nitrogens with one attached hydrogen (secondary N) is 1. The lowest BCUT2D eigenvalue weighted by molar-refractivity contribution is -0.137. The fourth-order valence-corrected chi connectivity index (χ4v) is 4.16. The zero-order valence-corrected chi connectivity index (χ0v) is 17.1. The van der Waals surface area contributed by atoms with Gasteiger partial charge in [0.25, 0.3) is 0 Å². The average molecular weight is 389 g/mol. The van der Waals surface area contributed by atoms with Crippen LogP contribution in [-0.4, -0.2) is 64.2 Å². The molecule has 2 amide bonds. The van der Waals surface area contributed by atoms with Crippen molar-refractivity contribution in [2.45, 2.75) is 25.7 Å². The van der Waals surface area contributed by atoms with E-state index in [0.717, 1.165) is 38.9 Å². The van der Waals surface area contributed by atoms with Gasteiger partial charge in [-0.2, -0.15) is 0 Å². The van der Waals surface area contributed by atoms with E-state index in [2.05, 4.69) is 5.32 Å². The Morgan fingerprint density at radius 2 is 1.96 bits per heavy atom. The first kappa shape index (κ1) is 20.5. The molecule has 1 aromatic carbocycles. The van der Waals surface area contributed by atoms with Gasteiger partial charge in [0.15, 0.2) is 0 Å². The summed E-state index contributed by atoms with van der Waals surface area (Å²) in [5.74, 6) is 1.71. The van der Waals surface area contributed by atoms with Gasteiger partial charge in [-0.25, -0.2) is 0 Å². The maximum absolute atomic E-state index is 13.0. The summed E-state index contributed by atoms with van der Waals surface area (Å²) >= 11 is 0. The van der Waals surface area contributed by atoms with Gasteiger partial charge in [-0.1, -0.05) is 0 Å². The molecule has 1 unspecified atom stereocenters. The Morgan fingerprint density at radius 1 is 1.21 bits per heavy atom. The maximum Gasteiger partial charge on any atom is 0.228 e. The van der Waals surface area contributed by atoms with Crippen LogP contribution in [-0.2, 0) is 9.59 Å². The molecular weight excluding hydrogens is 358 g/mol. The summed E-state index contributed by atoms with van der Waals surface area (Å²) in [6.07, 6.45) is 3.51. The lowest BCUT2D eigenvalue weighted by Gasteiger charge is -2.33. The summed E-state index contributed by atoms with van der Waals surface area (Å²) in [6, 6.07) is 5.37. The Morgan fingerprint density at radius 3 is 2.61 bits per heavy atom. The van der Waals surface area contributed by atoms with E-state index in [-0.39, 0.29) is 24.2 Å². The highest BCUT2D eigenvalue weighted by Crippen LogP contribution is 2.36. The first-order chi connectivity index (χ1) is 13.6. The summed E-state index contributed by atoms with van der Waals surface area (Å²) in [4.78, 5) is 29.2. The molecule has 154 valence electrons. The SMILES string of the molecule is CNCCC1CCN(C(=O)C2CC(=O)N(c3ccc(OC)cc3OC)C2)CC1. The molecule has 3 rings (SSSR count). The molecular formula is C21H31N3O4. The molecule has 2 aliphatic heterocycles. The van der Waals surface area contributed by atoms with Crippen molar-refractivity contribution in [1.82, 2.24) is 10.2 Å². The minimum absolute atomic E-state index is 0.0364.